The fraction of sp³-hybridized carbons (Fsp3) is 0.733. The number of aryl methyl sites for hydroxylation is 1. The zero-order chi connectivity index (χ0) is 14.4. The average Bonchev–Trinajstić information content (AvgIpc) is 2.38. The topological polar surface area (TPSA) is 41.1 Å². The molecule has 0 saturated carbocycles. The standard InChI is InChI=1S/C15H28N4/c1-7-9-16-14-12(4)15(18-13(5)17-14)19(6)10-11(3)8-2/h11H,7-10H2,1-6H3,(H,16,17,18). The molecule has 1 aromatic rings. The first-order valence-corrected chi connectivity index (χ1v) is 7.29. The number of aromatic nitrogens is 2. The summed E-state index contributed by atoms with van der Waals surface area (Å²) in [7, 11) is 2.12. The van der Waals surface area contributed by atoms with Crippen molar-refractivity contribution in [3.8, 4) is 0 Å². The molecule has 0 amide bonds. The molecule has 0 fully saturated rings. The lowest BCUT2D eigenvalue weighted by Crippen LogP contribution is -2.26. The first-order valence-electron chi connectivity index (χ1n) is 7.29. The van der Waals surface area contributed by atoms with Crippen molar-refractivity contribution in [1.82, 2.24) is 9.97 Å². The maximum atomic E-state index is 4.60. The molecule has 4 heteroatoms. The summed E-state index contributed by atoms with van der Waals surface area (Å²) in [4.78, 5) is 11.4. The second-order valence-electron chi connectivity index (χ2n) is 5.39. The van der Waals surface area contributed by atoms with Crippen molar-refractivity contribution in [2.24, 2.45) is 5.92 Å². The van der Waals surface area contributed by atoms with Crippen molar-refractivity contribution in [2.45, 2.75) is 47.5 Å². The van der Waals surface area contributed by atoms with Gasteiger partial charge in [-0.1, -0.05) is 27.2 Å². The van der Waals surface area contributed by atoms with Crippen LogP contribution >= 0.6 is 0 Å². The van der Waals surface area contributed by atoms with E-state index in [0.29, 0.717) is 5.92 Å². The Morgan fingerprint density at radius 2 is 1.89 bits per heavy atom. The van der Waals surface area contributed by atoms with Crippen LogP contribution in [0.2, 0.25) is 0 Å². The van der Waals surface area contributed by atoms with Crippen LogP contribution in [0.4, 0.5) is 11.6 Å². The van der Waals surface area contributed by atoms with E-state index >= 15 is 0 Å². The summed E-state index contributed by atoms with van der Waals surface area (Å²) in [6, 6.07) is 0. The SMILES string of the molecule is CCCNc1nc(C)nc(N(C)CC(C)CC)c1C. The summed E-state index contributed by atoms with van der Waals surface area (Å²) in [5.41, 5.74) is 1.14. The van der Waals surface area contributed by atoms with Crippen molar-refractivity contribution >= 4 is 11.6 Å². The highest BCUT2D eigenvalue weighted by atomic mass is 15.2. The molecule has 4 nitrogen and oxygen atoms in total. The van der Waals surface area contributed by atoms with Crippen LogP contribution in [0.3, 0.4) is 0 Å². The molecule has 1 atom stereocenters. The maximum absolute atomic E-state index is 4.60. The second-order valence-corrected chi connectivity index (χ2v) is 5.39. The third-order valence-electron chi connectivity index (χ3n) is 3.42. The number of rotatable bonds is 7. The predicted molar refractivity (Wildman–Crippen MR) is 83.0 cm³/mol. The Hall–Kier alpha value is -1.32. The van der Waals surface area contributed by atoms with E-state index in [1.54, 1.807) is 0 Å². The summed E-state index contributed by atoms with van der Waals surface area (Å²) < 4.78 is 0. The fourth-order valence-electron chi connectivity index (χ4n) is 2.08. The molecule has 0 spiro atoms. The molecule has 1 aromatic heterocycles. The van der Waals surface area contributed by atoms with Gasteiger partial charge < -0.3 is 10.2 Å². The Kier molecular flexibility index (Phi) is 6.06. The van der Waals surface area contributed by atoms with E-state index in [0.717, 1.165) is 42.5 Å². The van der Waals surface area contributed by atoms with Crippen molar-refractivity contribution in [2.75, 3.05) is 30.4 Å². The van der Waals surface area contributed by atoms with Gasteiger partial charge in [0.15, 0.2) is 0 Å². The number of hydrogen-bond donors (Lipinski definition) is 1. The molecule has 1 heterocycles. The minimum absolute atomic E-state index is 0.673. The van der Waals surface area contributed by atoms with Gasteiger partial charge in [-0.25, -0.2) is 9.97 Å². The molecular formula is C15H28N4. The van der Waals surface area contributed by atoms with Gasteiger partial charge in [-0.3, -0.25) is 0 Å². The minimum atomic E-state index is 0.673. The smallest absolute Gasteiger partial charge is 0.137 e. The van der Waals surface area contributed by atoms with E-state index in [1.807, 2.05) is 6.92 Å². The highest BCUT2D eigenvalue weighted by molar-refractivity contribution is 5.58. The van der Waals surface area contributed by atoms with Crippen LogP contribution in [-0.2, 0) is 0 Å². The Bertz CT molecular complexity index is 403. The van der Waals surface area contributed by atoms with Gasteiger partial charge in [-0.15, -0.1) is 0 Å². The van der Waals surface area contributed by atoms with E-state index in [2.05, 4.69) is 54.9 Å². The molecule has 0 aliphatic heterocycles. The van der Waals surface area contributed by atoms with Gasteiger partial charge >= 0.3 is 0 Å². The molecule has 19 heavy (non-hydrogen) atoms. The Balaban J connectivity index is 2.96. The molecule has 108 valence electrons. The summed E-state index contributed by atoms with van der Waals surface area (Å²) in [5, 5.41) is 3.39. The molecular weight excluding hydrogens is 236 g/mol. The van der Waals surface area contributed by atoms with Crippen LogP contribution < -0.4 is 10.2 Å². The van der Waals surface area contributed by atoms with E-state index < -0.39 is 0 Å². The van der Waals surface area contributed by atoms with Crippen LogP contribution in [0.15, 0.2) is 0 Å². The van der Waals surface area contributed by atoms with Gasteiger partial charge in [0.1, 0.15) is 17.5 Å². The molecule has 0 aromatic carbocycles. The van der Waals surface area contributed by atoms with Gasteiger partial charge in [-0.2, -0.15) is 0 Å². The monoisotopic (exact) mass is 264 g/mol. The maximum Gasteiger partial charge on any atom is 0.137 e. The van der Waals surface area contributed by atoms with Crippen LogP contribution in [0.25, 0.3) is 0 Å². The lowest BCUT2D eigenvalue weighted by molar-refractivity contribution is 0.557. The van der Waals surface area contributed by atoms with Gasteiger partial charge in [0.05, 0.1) is 0 Å². The van der Waals surface area contributed by atoms with Crippen molar-refractivity contribution < 1.29 is 0 Å². The highest BCUT2D eigenvalue weighted by Crippen LogP contribution is 2.23. The molecule has 0 radical (unpaired) electrons. The first-order chi connectivity index (χ1) is 8.99. The summed E-state index contributed by atoms with van der Waals surface area (Å²) in [6.07, 6.45) is 2.29. The van der Waals surface area contributed by atoms with Gasteiger partial charge in [0, 0.05) is 25.7 Å². The fourth-order valence-corrected chi connectivity index (χ4v) is 2.08. The third kappa shape index (κ3) is 4.37. The first kappa shape index (κ1) is 15.7. The normalized spacial score (nSPS) is 12.3. The number of anilines is 2. The Labute approximate surface area is 117 Å². The summed E-state index contributed by atoms with van der Waals surface area (Å²) in [5.74, 6) is 3.52. The molecule has 0 aliphatic rings. The second kappa shape index (κ2) is 7.31. The molecule has 0 aliphatic carbocycles. The van der Waals surface area contributed by atoms with E-state index in [9.17, 15) is 0 Å². The number of nitrogens with one attached hydrogen (secondary N) is 1. The van der Waals surface area contributed by atoms with Gasteiger partial charge in [-0.05, 0) is 26.2 Å². The van der Waals surface area contributed by atoms with E-state index in [1.165, 1.54) is 6.42 Å². The lowest BCUT2D eigenvalue weighted by Gasteiger charge is -2.24. The van der Waals surface area contributed by atoms with Crippen LogP contribution in [-0.4, -0.2) is 30.1 Å². The largest absolute Gasteiger partial charge is 0.370 e. The van der Waals surface area contributed by atoms with Crippen LogP contribution in [0.1, 0.15) is 45.0 Å². The summed E-state index contributed by atoms with van der Waals surface area (Å²) in [6.45, 7) is 12.7. The van der Waals surface area contributed by atoms with E-state index in [-0.39, 0.29) is 0 Å². The highest BCUT2D eigenvalue weighted by Gasteiger charge is 2.14. The van der Waals surface area contributed by atoms with Gasteiger partial charge in [0.25, 0.3) is 0 Å². The minimum Gasteiger partial charge on any atom is -0.370 e. The molecule has 1 N–H and O–H groups in total. The molecule has 1 rings (SSSR count). The Morgan fingerprint density at radius 1 is 1.21 bits per heavy atom. The zero-order valence-electron chi connectivity index (χ0n) is 13.2. The molecule has 0 saturated heterocycles. The average molecular weight is 264 g/mol. The van der Waals surface area contributed by atoms with E-state index in [4.69, 9.17) is 0 Å². The number of nitrogens with zero attached hydrogens (tertiary/aromatic N) is 3. The van der Waals surface area contributed by atoms with Crippen LogP contribution in [0, 0.1) is 19.8 Å². The van der Waals surface area contributed by atoms with Crippen molar-refractivity contribution in [3.05, 3.63) is 11.4 Å². The molecule has 0 bridgehead atoms. The van der Waals surface area contributed by atoms with Crippen LogP contribution in [0.5, 0.6) is 0 Å². The zero-order valence-corrected chi connectivity index (χ0v) is 13.2. The van der Waals surface area contributed by atoms with Gasteiger partial charge in [0.2, 0.25) is 0 Å². The number of hydrogen-bond acceptors (Lipinski definition) is 4. The van der Waals surface area contributed by atoms with Crippen molar-refractivity contribution in [1.29, 1.82) is 0 Å². The predicted octanol–water partition coefficient (Wildman–Crippen LogP) is 3.40. The quantitative estimate of drug-likeness (QED) is 0.819. The summed E-state index contributed by atoms with van der Waals surface area (Å²) >= 11 is 0. The lowest BCUT2D eigenvalue weighted by atomic mass is 10.1. The van der Waals surface area contributed by atoms with Crippen molar-refractivity contribution in [3.63, 3.8) is 0 Å². The third-order valence-corrected chi connectivity index (χ3v) is 3.42. The Morgan fingerprint density at radius 3 is 2.47 bits per heavy atom. The molecule has 1 unspecified atom stereocenters.